The molecule has 19 heavy (non-hydrogen) atoms. The lowest BCUT2D eigenvalue weighted by atomic mass is 10.1. The van der Waals surface area contributed by atoms with E-state index in [-0.39, 0.29) is 0 Å². The van der Waals surface area contributed by atoms with Crippen molar-refractivity contribution >= 4 is 11.6 Å². The SMILES string of the molecule is Cc1ccc(Cl)c(Oc2nc(C)cc(C)c2C#N)c1. The molecular weight excluding hydrogens is 260 g/mol. The number of rotatable bonds is 2. The van der Waals surface area contributed by atoms with Crippen LogP contribution in [0.15, 0.2) is 24.3 Å². The number of nitriles is 1. The molecule has 1 aromatic carbocycles. The summed E-state index contributed by atoms with van der Waals surface area (Å²) in [5.74, 6) is 0.808. The smallest absolute Gasteiger partial charge is 0.237 e. The summed E-state index contributed by atoms with van der Waals surface area (Å²) in [6.07, 6.45) is 0. The first kappa shape index (κ1) is 13.4. The maximum Gasteiger partial charge on any atom is 0.237 e. The van der Waals surface area contributed by atoms with Gasteiger partial charge in [0.05, 0.1) is 5.02 Å². The van der Waals surface area contributed by atoms with Gasteiger partial charge in [0.2, 0.25) is 5.88 Å². The predicted octanol–water partition coefficient (Wildman–Crippen LogP) is 4.32. The molecule has 3 nitrogen and oxygen atoms in total. The second-order valence-electron chi connectivity index (χ2n) is 4.41. The summed E-state index contributed by atoms with van der Waals surface area (Å²) in [7, 11) is 0. The highest BCUT2D eigenvalue weighted by Crippen LogP contribution is 2.31. The summed E-state index contributed by atoms with van der Waals surface area (Å²) in [5.41, 5.74) is 3.11. The van der Waals surface area contributed by atoms with Gasteiger partial charge in [0.25, 0.3) is 0 Å². The molecule has 0 aliphatic rings. The van der Waals surface area contributed by atoms with Gasteiger partial charge in [-0.2, -0.15) is 5.26 Å². The van der Waals surface area contributed by atoms with Crippen LogP contribution in [0, 0.1) is 32.1 Å². The van der Waals surface area contributed by atoms with Crippen molar-refractivity contribution in [2.45, 2.75) is 20.8 Å². The molecule has 4 heteroatoms. The summed E-state index contributed by atoms with van der Waals surface area (Å²) in [6, 6.07) is 9.45. The first-order chi connectivity index (χ1) is 9.01. The first-order valence-corrected chi connectivity index (χ1v) is 6.21. The van der Waals surface area contributed by atoms with Crippen molar-refractivity contribution in [2.75, 3.05) is 0 Å². The van der Waals surface area contributed by atoms with Crippen molar-refractivity contribution in [1.29, 1.82) is 5.26 Å². The van der Waals surface area contributed by atoms with Gasteiger partial charge in [-0.1, -0.05) is 17.7 Å². The second kappa shape index (κ2) is 5.29. The number of aromatic nitrogens is 1. The fourth-order valence-corrected chi connectivity index (χ4v) is 1.96. The van der Waals surface area contributed by atoms with Gasteiger partial charge in [0, 0.05) is 5.69 Å². The molecule has 0 N–H and O–H groups in total. The van der Waals surface area contributed by atoms with E-state index in [1.165, 1.54) is 0 Å². The van der Waals surface area contributed by atoms with E-state index >= 15 is 0 Å². The molecule has 0 saturated heterocycles. The number of aryl methyl sites for hydroxylation is 3. The van der Waals surface area contributed by atoms with Gasteiger partial charge in [-0.25, -0.2) is 4.98 Å². The van der Waals surface area contributed by atoms with Crippen molar-refractivity contribution in [3.05, 3.63) is 51.7 Å². The summed E-state index contributed by atoms with van der Waals surface area (Å²) in [6.45, 7) is 5.67. The van der Waals surface area contributed by atoms with E-state index in [4.69, 9.17) is 16.3 Å². The lowest BCUT2D eigenvalue weighted by Gasteiger charge is -2.11. The van der Waals surface area contributed by atoms with Crippen LogP contribution in [0.25, 0.3) is 0 Å². The number of benzene rings is 1. The van der Waals surface area contributed by atoms with E-state index in [9.17, 15) is 5.26 Å². The topological polar surface area (TPSA) is 45.9 Å². The molecule has 2 rings (SSSR count). The number of hydrogen-bond acceptors (Lipinski definition) is 3. The summed E-state index contributed by atoms with van der Waals surface area (Å²) >= 11 is 6.09. The van der Waals surface area contributed by atoms with E-state index in [0.717, 1.165) is 16.8 Å². The number of nitrogens with zero attached hydrogens (tertiary/aromatic N) is 2. The molecule has 0 aliphatic carbocycles. The molecule has 0 aliphatic heterocycles. The Hall–Kier alpha value is -2.05. The Morgan fingerprint density at radius 1 is 1.21 bits per heavy atom. The summed E-state index contributed by atoms with van der Waals surface area (Å²) in [4.78, 5) is 4.27. The van der Waals surface area contributed by atoms with Crippen LogP contribution in [0.4, 0.5) is 0 Å². The largest absolute Gasteiger partial charge is 0.436 e. The Bertz CT molecular complexity index is 675. The van der Waals surface area contributed by atoms with Crippen LogP contribution in [-0.2, 0) is 0 Å². The minimum Gasteiger partial charge on any atom is -0.436 e. The average molecular weight is 273 g/mol. The van der Waals surface area contributed by atoms with Crippen molar-refractivity contribution in [1.82, 2.24) is 4.98 Å². The molecule has 2 aromatic rings. The van der Waals surface area contributed by atoms with Gasteiger partial charge in [0.15, 0.2) is 0 Å². The Labute approximate surface area is 117 Å². The Morgan fingerprint density at radius 2 is 1.95 bits per heavy atom. The summed E-state index contributed by atoms with van der Waals surface area (Å²) < 4.78 is 5.71. The Balaban J connectivity index is 2.49. The number of halogens is 1. The molecule has 0 spiro atoms. The Kier molecular flexibility index (Phi) is 3.73. The molecule has 0 atom stereocenters. The van der Waals surface area contributed by atoms with E-state index in [1.54, 1.807) is 6.07 Å². The van der Waals surface area contributed by atoms with Crippen LogP contribution in [0.3, 0.4) is 0 Å². The van der Waals surface area contributed by atoms with Crippen LogP contribution in [0.2, 0.25) is 5.02 Å². The molecular formula is C15H13ClN2O. The van der Waals surface area contributed by atoms with E-state index in [0.29, 0.717) is 22.2 Å². The molecule has 0 saturated carbocycles. The van der Waals surface area contributed by atoms with Crippen LogP contribution < -0.4 is 4.74 Å². The standard InChI is InChI=1S/C15H13ClN2O/c1-9-4-5-13(16)14(6-9)19-15-12(8-17)10(2)7-11(3)18-15/h4-7H,1-3H3. The lowest BCUT2D eigenvalue weighted by Crippen LogP contribution is -1.97. The quantitative estimate of drug-likeness (QED) is 0.818. The molecule has 1 aromatic heterocycles. The van der Waals surface area contributed by atoms with Gasteiger partial charge in [-0.3, -0.25) is 0 Å². The van der Waals surface area contributed by atoms with Crippen molar-refractivity contribution in [3.63, 3.8) is 0 Å². The molecule has 0 unspecified atom stereocenters. The molecule has 0 fully saturated rings. The fourth-order valence-electron chi connectivity index (χ4n) is 1.81. The average Bonchev–Trinajstić information content (AvgIpc) is 2.33. The van der Waals surface area contributed by atoms with E-state index in [2.05, 4.69) is 11.1 Å². The summed E-state index contributed by atoms with van der Waals surface area (Å²) in [5, 5.41) is 9.68. The van der Waals surface area contributed by atoms with Gasteiger partial charge < -0.3 is 4.74 Å². The number of ether oxygens (including phenoxy) is 1. The van der Waals surface area contributed by atoms with Gasteiger partial charge in [-0.15, -0.1) is 0 Å². The Morgan fingerprint density at radius 3 is 2.63 bits per heavy atom. The molecule has 0 amide bonds. The monoisotopic (exact) mass is 272 g/mol. The third kappa shape index (κ3) is 2.86. The second-order valence-corrected chi connectivity index (χ2v) is 4.82. The minimum absolute atomic E-state index is 0.299. The third-order valence-corrected chi connectivity index (χ3v) is 3.03. The normalized spacial score (nSPS) is 10.1. The van der Waals surface area contributed by atoms with Gasteiger partial charge >= 0.3 is 0 Å². The predicted molar refractivity (Wildman–Crippen MR) is 74.7 cm³/mol. The van der Waals surface area contributed by atoms with Gasteiger partial charge in [0.1, 0.15) is 17.4 Å². The van der Waals surface area contributed by atoms with Crippen LogP contribution in [0.1, 0.15) is 22.4 Å². The van der Waals surface area contributed by atoms with Gasteiger partial charge in [-0.05, 0) is 50.1 Å². The molecule has 96 valence electrons. The molecule has 0 radical (unpaired) electrons. The van der Waals surface area contributed by atoms with Crippen LogP contribution in [-0.4, -0.2) is 4.98 Å². The first-order valence-electron chi connectivity index (χ1n) is 5.83. The molecule has 0 bridgehead atoms. The van der Waals surface area contributed by atoms with Crippen molar-refractivity contribution < 1.29 is 4.74 Å². The number of hydrogen-bond donors (Lipinski definition) is 0. The highest BCUT2D eigenvalue weighted by atomic mass is 35.5. The van der Waals surface area contributed by atoms with E-state index < -0.39 is 0 Å². The fraction of sp³-hybridized carbons (Fsp3) is 0.200. The van der Waals surface area contributed by atoms with E-state index in [1.807, 2.05) is 39.0 Å². The minimum atomic E-state index is 0.299. The van der Waals surface area contributed by atoms with Crippen molar-refractivity contribution in [3.8, 4) is 17.7 Å². The van der Waals surface area contributed by atoms with Crippen LogP contribution in [0.5, 0.6) is 11.6 Å². The zero-order valence-electron chi connectivity index (χ0n) is 11.0. The highest BCUT2D eigenvalue weighted by molar-refractivity contribution is 6.32. The van der Waals surface area contributed by atoms with Crippen molar-refractivity contribution in [2.24, 2.45) is 0 Å². The maximum absolute atomic E-state index is 9.19. The third-order valence-electron chi connectivity index (χ3n) is 2.72. The van der Waals surface area contributed by atoms with Crippen LogP contribution >= 0.6 is 11.6 Å². The zero-order chi connectivity index (χ0) is 14.0. The number of pyridine rings is 1. The zero-order valence-corrected chi connectivity index (χ0v) is 11.7. The maximum atomic E-state index is 9.19. The lowest BCUT2D eigenvalue weighted by molar-refractivity contribution is 0.459. The molecule has 1 heterocycles. The highest BCUT2D eigenvalue weighted by Gasteiger charge is 2.12.